The maximum absolute atomic E-state index is 10.3. The Morgan fingerprint density at radius 3 is 2.28 bits per heavy atom. The van der Waals surface area contributed by atoms with E-state index in [9.17, 15) is 9.90 Å². The molecule has 18 heavy (non-hydrogen) atoms. The number of carboxylic acid groups (broad SMARTS) is 1. The molecule has 0 aromatic heterocycles. The van der Waals surface area contributed by atoms with Crippen LogP contribution in [0.5, 0.6) is 0 Å². The first-order valence-corrected chi connectivity index (χ1v) is 6.44. The lowest BCUT2D eigenvalue weighted by atomic mass is 9.86. The molecule has 0 amide bonds. The van der Waals surface area contributed by atoms with Crippen molar-refractivity contribution in [3.8, 4) is 0 Å². The molecule has 1 aromatic rings. The van der Waals surface area contributed by atoms with E-state index in [1.165, 1.54) is 11.1 Å². The van der Waals surface area contributed by atoms with Crippen LogP contribution in [0.25, 0.3) is 0 Å². The number of benzene rings is 1. The van der Waals surface area contributed by atoms with Crippen molar-refractivity contribution in [2.24, 2.45) is 0 Å². The summed E-state index contributed by atoms with van der Waals surface area (Å²) in [6, 6.07) is 8.60. The number of carboxylic acids is 1. The molecule has 0 fully saturated rings. The van der Waals surface area contributed by atoms with E-state index in [0.717, 1.165) is 6.42 Å². The average molecular weight is 249 g/mol. The molecule has 0 bridgehead atoms. The second kappa shape index (κ2) is 6.01. The topological polar surface area (TPSA) is 67.8 Å². The smallest absolute Gasteiger partial charge is 0.110 e. The fraction of sp³-hybridized carbons (Fsp3) is 0.533. The summed E-state index contributed by atoms with van der Waals surface area (Å²) < 4.78 is 0. The van der Waals surface area contributed by atoms with Gasteiger partial charge in [-0.25, -0.2) is 0 Å². The van der Waals surface area contributed by atoms with Crippen LogP contribution in [0.3, 0.4) is 0 Å². The highest BCUT2D eigenvalue weighted by Crippen LogP contribution is 2.24. The Bertz CT molecular complexity index is 390. The van der Waals surface area contributed by atoms with Gasteiger partial charge in [0.25, 0.3) is 0 Å². The third-order valence-electron chi connectivity index (χ3n) is 3.18. The molecule has 0 spiro atoms. The van der Waals surface area contributed by atoms with E-state index in [4.69, 9.17) is 0 Å². The van der Waals surface area contributed by atoms with Gasteiger partial charge in [0.2, 0.25) is 0 Å². The first-order valence-electron chi connectivity index (χ1n) is 6.44. The number of quaternary nitrogens is 1. The Labute approximate surface area is 109 Å². The molecule has 0 radical (unpaired) electrons. The molecule has 0 aliphatic rings. The lowest BCUT2D eigenvalue weighted by Crippen LogP contribution is -2.53. The van der Waals surface area contributed by atoms with Gasteiger partial charge in [0.1, 0.15) is 6.04 Å². The van der Waals surface area contributed by atoms with E-state index in [1.54, 1.807) is 0 Å². The Morgan fingerprint density at radius 2 is 1.83 bits per heavy atom. The van der Waals surface area contributed by atoms with Crippen LogP contribution in [0.2, 0.25) is 0 Å². The van der Waals surface area contributed by atoms with Crippen LogP contribution >= 0.6 is 0 Å². The van der Waals surface area contributed by atoms with E-state index in [2.05, 4.69) is 50.8 Å². The zero-order chi connectivity index (χ0) is 13.8. The predicted octanol–water partition coefficient (Wildman–Crippen LogP) is 1.19. The summed E-state index contributed by atoms with van der Waals surface area (Å²) in [4.78, 5) is 10.3. The van der Waals surface area contributed by atoms with Crippen LogP contribution in [0.4, 0.5) is 0 Å². The first-order chi connectivity index (χ1) is 8.30. The first kappa shape index (κ1) is 14.7. The molecule has 1 rings (SSSR count). The van der Waals surface area contributed by atoms with Crippen molar-refractivity contribution in [2.75, 3.05) is 0 Å². The zero-order valence-corrected chi connectivity index (χ0v) is 11.5. The highest BCUT2D eigenvalue weighted by Gasteiger charge is 2.15. The fourth-order valence-electron chi connectivity index (χ4n) is 1.91. The van der Waals surface area contributed by atoms with Crippen LogP contribution in [0.1, 0.15) is 57.2 Å². The van der Waals surface area contributed by atoms with Gasteiger partial charge in [-0.05, 0) is 23.8 Å². The summed E-state index contributed by atoms with van der Waals surface area (Å²) in [5.74, 6) is -0.981. The molecule has 1 aromatic carbocycles. The molecular formula is C15H23NO2. The molecule has 0 heterocycles. The number of carbonyl (C=O) groups excluding carboxylic acids is 1. The van der Waals surface area contributed by atoms with Crippen molar-refractivity contribution in [2.45, 2.75) is 51.5 Å². The monoisotopic (exact) mass is 249 g/mol. The SMILES string of the molecule is CC(C)(C)c1ccc([C@H]([NH3+])CCCC(=O)[O-])cc1. The summed E-state index contributed by atoms with van der Waals surface area (Å²) in [5, 5.41) is 10.3. The van der Waals surface area contributed by atoms with Gasteiger partial charge >= 0.3 is 0 Å². The summed E-state index contributed by atoms with van der Waals surface area (Å²) in [6.45, 7) is 6.55. The largest absolute Gasteiger partial charge is 0.550 e. The van der Waals surface area contributed by atoms with Crippen LogP contribution in [0.15, 0.2) is 24.3 Å². The van der Waals surface area contributed by atoms with Crippen molar-refractivity contribution < 1.29 is 15.6 Å². The number of rotatable bonds is 5. The van der Waals surface area contributed by atoms with E-state index in [0.29, 0.717) is 6.42 Å². The molecule has 0 unspecified atom stereocenters. The summed E-state index contributed by atoms with van der Waals surface area (Å²) in [6.07, 6.45) is 1.52. The molecule has 100 valence electrons. The van der Waals surface area contributed by atoms with Gasteiger partial charge in [-0.1, -0.05) is 45.0 Å². The lowest BCUT2D eigenvalue weighted by Gasteiger charge is -2.19. The third kappa shape index (κ3) is 4.49. The predicted molar refractivity (Wildman–Crippen MR) is 69.6 cm³/mol. The molecule has 3 N–H and O–H groups in total. The number of hydrogen-bond acceptors (Lipinski definition) is 2. The van der Waals surface area contributed by atoms with Gasteiger partial charge in [-0.15, -0.1) is 0 Å². The minimum atomic E-state index is -0.981. The molecule has 1 atom stereocenters. The van der Waals surface area contributed by atoms with Crippen molar-refractivity contribution in [3.05, 3.63) is 35.4 Å². The number of carbonyl (C=O) groups is 1. The van der Waals surface area contributed by atoms with Crippen LogP contribution in [-0.2, 0) is 10.2 Å². The fourth-order valence-corrected chi connectivity index (χ4v) is 1.91. The lowest BCUT2D eigenvalue weighted by molar-refractivity contribution is -0.428. The molecule has 0 saturated heterocycles. The standard InChI is InChI=1S/C15H23NO2/c1-15(2,3)12-9-7-11(8-10-12)13(16)5-4-6-14(17)18/h7-10,13H,4-6,16H2,1-3H3,(H,17,18)/t13-/m1/s1. The van der Waals surface area contributed by atoms with Crippen molar-refractivity contribution in [1.29, 1.82) is 0 Å². The average Bonchev–Trinajstić information content (AvgIpc) is 2.27. The maximum atomic E-state index is 10.3. The van der Waals surface area contributed by atoms with E-state index in [1.807, 2.05) is 0 Å². The molecule has 3 heteroatoms. The van der Waals surface area contributed by atoms with Gasteiger partial charge in [-0.2, -0.15) is 0 Å². The van der Waals surface area contributed by atoms with Gasteiger partial charge in [0.05, 0.1) is 0 Å². The quantitative estimate of drug-likeness (QED) is 0.851. The summed E-state index contributed by atoms with van der Waals surface area (Å²) >= 11 is 0. The second-order valence-electron chi connectivity index (χ2n) is 5.83. The van der Waals surface area contributed by atoms with E-state index < -0.39 is 5.97 Å². The normalized spacial score (nSPS) is 13.3. The Hall–Kier alpha value is -1.35. The highest BCUT2D eigenvalue weighted by molar-refractivity contribution is 5.64. The summed E-state index contributed by atoms with van der Waals surface area (Å²) in [7, 11) is 0. The van der Waals surface area contributed by atoms with Crippen molar-refractivity contribution in [3.63, 3.8) is 0 Å². The van der Waals surface area contributed by atoms with Crippen molar-refractivity contribution >= 4 is 5.97 Å². The minimum absolute atomic E-state index is 0.117. The Balaban J connectivity index is 2.59. The molecule has 3 nitrogen and oxygen atoms in total. The van der Waals surface area contributed by atoms with E-state index in [-0.39, 0.29) is 17.9 Å². The maximum Gasteiger partial charge on any atom is 0.110 e. The van der Waals surface area contributed by atoms with Gasteiger partial charge in [0, 0.05) is 18.0 Å². The highest BCUT2D eigenvalue weighted by atomic mass is 16.4. The van der Waals surface area contributed by atoms with Crippen LogP contribution in [0, 0.1) is 0 Å². The van der Waals surface area contributed by atoms with Gasteiger partial charge < -0.3 is 15.6 Å². The second-order valence-corrected chi connectivity index (χ2v) is 5.83. The van der Waals surface area contributed by atoms with E-state index >= 15 is 0 Å². The number of aliphatic carboxylic acids is 1. The molecule has 0 aliphatic heterocycles. The van der Waals surface area contributed by atoms with Crippen LogP contribution < -0.4 is 10.8 Å². The van der Waals surface area contributed by atoms with Crippen molar-refractivity contribution in [1.82, 2.24) is 0 Å². The summed E-state index contributed by atoms with van der Waals surface area (Å²) in [5.41, 5.74) is 6.71. The molecular weight excluding hydrogens is 226 g/mol. The molecule has 0 saturated carbocycles. The Kier molecular flexibility index (Phi) is 4.91. The van der Waals surface area contributed by atoms with Crippen LogP contribution in [-0.4, -0.2) is 5.97 Å². The Morgan fingerprint density at radius 1 is 1.28 bits per heavy atom. The van der Waals surface area contributed by atoms with Gasteiger partial charge in [-0.3, -0.25) is 0 Å². The number of hydrogen-bond donors (Lipinski definition) is 1. The minimum Gasteiger partial charge on any atom is -0.550 e. The van der Waals surface area contributed by atoms with Gasteiger partial charge in [0.15, 0.2) is 0 Å². The zero-order valence-electron chi connectivity index (χ0n) is 11.5. The molecule has 0 aliphatic carbocycles. The third-order valence-corrected chi connectivity index (χ3v) is 3.18.